The Kier molecular flexibility index (Phi) is 4.84. The van der Waals surface area contributed by atoms with Crippen molar-refractivity contribution in [3.63, 3.8) is 0 Å². The summed E-state index contributed by atoms with van der Waals surface area (Å²) in [5, 5.41) is 12.6. The topological polar surface area (TPSA) is 58.6 Å². The fraction of sp³-hybridized carbons (Fsp3) is 0.500. The lowest BCUT2D eigenvalue weighted by atomic mass is 10.1. The van der Waals surface area contributed by atoms with Crippen LogP contribution >= 0.6 is 0 Å². The number of amides is 1. The minimum atomic E-state index is -4.39. The predicted octanol–water partition coefficient (Wildman–Crippen LogP) is 1.73. The Balaban J connectivity index is 1.81. The average Bonchev–Trinajstić information content (AvgIpc) is 2.70. The van der Waals surface area contributed by atoms with E-state index >= 15 is 0 Å². The number of hydrogen-bond acceptors (Lipinski definition) is 3. The zero-order valence-corrected chi connectivity index (χ0v) is 11.2. The van der Waals surface area contributed by atoms with Crippen LogP contribution in [0, 0.1) is 0 Å². The van der Waals surface area contributed by atoms with E-state index in [-0.39, 0.29) is 13.0 Å². The number of fused-ring (bicyclic) bond motifs is 1. The van der Waals surface area contributed by atoms with Crippen LogP contribution in [0.5, 0.6) is 0 Å². The van der Waals surface area contributed by atoms with Gasteiger partial charge in [0.2, 0.25) is 5.91 Å². The van der Waals surface area contributed by atoms with Gasteiger partial charge in [-0.2, -0.15) is 13.2 Å². The molecule has 0 bridgehead atoms. The van der Waals surface area contributed by atoms with Gasteiger partial charge in [-0.25, -0.2) is 0 Å². The molecule has 0 saturated carbocycles. The Bertz CT molecular complexity index is 504. The van der Waals surface area contributed by atoms with Crippen LogP contribution in [0.4, 0.5) is 13.2 Å². The summed E-state index contributed by atoms with van der Waals surface area (Å²) < 4.78 is 40.0. The van der Waals surface area contributed by atoms with Gasteiger partial charge in [0.25, 0.3) is 0 Å². The van der Waals surface area contributed by atoms with Crippen molar-refractivity contribution in [2.75, 3.05) is 13.2 Å². The number of hydrogen-bond donors (Lipinski definition) is 2. The lowest BCUT2D eigenvalue weighted by molar-refractivity contribution is -0.174. The SMILES string of the molecule is O=C(CCOCC(F)(F)F)N[C@@H]1c2ccccc2C[C@@H]1O. The predicted molar refractivity (Wildman–Crippen MR) is 68.5 cm³/mol. The Morgan fingerprint density at radius 3 is 2.81 bits per heavy atom. The van der Waals surface area contributed by atoms with Gasteiger partial charge >= 0.3 is 6.18 Å². The van der Waals surface area contributed by atoms with Gasteiger partial charge in [0.15, 0.2) is 0 Å². The maximum atomic E-state index is 11.9. The van der Waals surface area contributed by atoms with E-state index in [2.05, 4.69) is 10.1 Å². The molecule has 0 fully saturated rings. The smallest absolute Gasteiger partial charge is 0.390 e. The van der Waals surface area contributed by atoms with E-state index in [9.17, 15) is 23.1 Å². The van der Waals surface area contributed by atoms with Crippen LogP contribution in [0.3, 0.4) is 0 Å². The normalized spacial score (nSPS) is 21.1. The number of benzene rings is 1. The van der Waals surface area contributed by atoms with Gasteiger partial charge < -0.3 is 15.2 Å². The summed E-state index contributed by atoms with van der Waals surface area (Å²) in [7, 11) is 0. The Morgan fingerprint density at radius 2 is 2.10 bits per heavy atom. The van der Waals surface area contributed by atoms with Gasteiger partial charge in [0.05, 0.1) is 18.8 Å². The van der Waals surface area contributed by atoms with Crippen LogP contribution in [-0.2, 0) is 16.0 Å². The molecule has 1 aliphatic carbocycles. The van der Waals surface area contributed by atoms with E-state index in [1.165, 1.54) is 0 Å². The summed E-state index contributed by atoms with van der Waals surface area (Å²) >= 11 is 0. The quantitative estimate of drug-likeness (QED) is 0.815. The number of carbonyl (C=O) groups excluding carboxylic acids is 1. The lowest BCUT2D eigenvalue weighted by Gasteiger charge is -2.18. The molecule has 0 spiro atoms. The summed E-state index contributed by atoms with van der Waals surface area (Å²) in [6, 6.07) is 6.83. The third-order valence-corrected chi connectivity index (χ3v) is 3.26. The van der Waals surface area contributed by atoms with Crippen molar-refractivity contribution >= 4 is 5.91 Å². The number of aliphatic hydroxyl groups is 1. The Hall–Kier alpha value is -1.60. The first-order valence-corrected chi connectivity index (χ1v) is 6.56. The Labute approximate surface area is 119 Å². The molecule has 2 rings (SSSR count). The first-order chi connectivity index (χ1) is 9.87. The van der Waals surface area contributed by atoms with E-state index in [0.29, 0.717) is 6.42 Å². The number of ether oxygens (including phenoxy) is 1. The summed E-state index contributed by atoms with van der Waals surface area (Å²) in [6.07, 6.45) is -4.84. The molecule has 0 aliphatic heterocycles. The van der Waals surface area contributed by atoms with E-state index in [1.807, 2.05) is 24.3 Å². The molecule has 0 heterocycles. The molecule has 0 unspecified atom stereocenters. The standard InChI is InChI=1S/C14H16F3NO3/c15-14(16,17)8-21-6-5-12(20)18-13-10-4-2-1-3-9(10)7-11(13)19/h1-4,11,13,19H,5-8H2,(H,18,20)/t11-,13+/m0/s1. The summed E-state index contributed by atoms with van der Waals surface area (Å²) in [5.41, 5.74) is 1.80. The van der Waals surface area contributed by atoms with Crippen LogP contribution in [0.15, 0.2) is 24.3 Å². The van der Waals surface area contributed by atoms with Crippen LogP contribution in [0.2, 0.25) is 0 Å². The van der Waals surface area contributed by atoms with Crippen molar-refractivity contribution in [2.24, 2.45) is 0 Å². The highest BCUT2D eigenvalue weighted by Crippen LogP contribution is 2.31. The molecule has 7 heteroatoms. The molecule has 1 aliphatic rings. The van der Waals surface area contributed by atoms with Crippen molar-refractivity contribution in [1.82, 2.24) is 5.32 Å². The van der Waals surface area contributed by atoms with Gasteiger partial charge in [-0.05, 0) is 11.1 Å². The van der Waals surface area contributed by atoms with E-state index in [1.54, 1.807) is 0 Å². The Morgan fingerprint density at radius 1 is 1.38 bits per heavy atom. The van der Waals surface area contributed by atoms with Crippen LogP contribution < -0.4 is 5.32 Å². The van der Waals surface area contributed by atoms with Crippen molar-refractivity contribution in [1.29, 1.82) is 0 Å². The molecule has 0 aromatic heterocycles. The molecule has 2 N–H and O–H groups in total. The fourth-order valence-electron chi connectivity index (χ4n) is 2.35. The number of alkyl halides is 3. The fourth-order valence-corrected chi connectivity index (χ4v) is 2.35. The van der Waals surface area contributed by atoms with Crippen LogP contribution in [-0.4, -0.2) is 36.5 Å². The highest BCUT2D eigenvalue weighted by atomic mass is 19.4. The summed E-state index contributed by atoms with van der Waals surface area (Å²) in [5.74, 6) is -0.446. The van der Waals surface area contributed by atoms with Gasteiger partial charge in [0, 0.05) is 12.8 Å². The second-order valence-corrected chi connectivity index (χ2v) is 4.93. The molecule has 1 aromatic carbocycles. The summed E-state index contributed by atoms with van der Waals surface area (Å²) in [6.45, 7) is -1.68. The minimum Gasteiger partial charge on any atom is -0.390 e. The molecule has 1 amide bonds. The maximum Gasteiger partial charge on any atom is 0.411 e. The second kappa shape index (κ2) is 6.44. The number of nitrogens with one attached hydrogen (secondary N) is 1. The highest BCUT2D eigenvalue weighted by Gasteiger charge is 2.32. The first kappa shape index (κ1) is 15.8. The molecule has 4 nitrogen and oxygen atoms in total. The van der Waals surface area contributed by atoms with E-state index in [4.69, 9.17) is 0 Å². The first-order valence-electron chi connectivity index (χ1n) is 6.56. The molecule has 1 aromatic rings. The molecule has 0 radical (unpaired) electrons. The highest BCUT2D eigenvalue weighted by molar-refractivity contribution is 5.76. The van der Waals surface area contributed by atoms with Crippen molar-refractivity contribution in [2.45, 2.75) is 31.2 Å². The van der Waals surface area contributed by atoms with E-state index < -0.39 is 30.8 Å². The van der Waals surface area contributed by atoms with Gasteiger partial charge in [-0.15, -0.1) is 0 Å². The third kappa shape index (κ3) is 4.44. The van der Waals surface area contributed by atoms with Gasteiger partial charge in [0.1, 0.15) is 6.61 Å². The van der Waals surface area contributed by atoms with Crippen LogP contribution in [0.25, 0.3) is 0 Å². The van der Waals surface area contributed by atoms with Crippen molar-refractivity contribution in [3.8, 4) is 0 Å². The second-order valence-electron chi connectivity index (χ2n) is 4.93. The largest absolute Gasteiger partial charge is 0.411 e. The molecular weight excluding hydrogens is 287 g/mol. The molecule has 0 saturated heterocycles. The minimum absolute atomic E-state index is 0.179. The number of rotatable bonds is 5. The van der Waals surface area contributed by atoms with E-state index in [0.717, 1.165) is 11.1 Å². The van der Waals surface area contributed by atoms with Gasteiger partial charge in [-0.3, -0.25) is 4.79 Å². The van der Waals surface area contributed by atoms with Gasteiger partial charge in [-0.1, -0.05) is 24.3 Å². The molecule has 116 valence electrons. The number of aliphatic hydroxyl groups excluding tert-OH is 1. The number of carbonyl (C=O) groups is 1. The summed E-state index contributed by atoms with van der Waals surface area (Å²) in [4.78, 5) is 11.7. The monoisotopic (exact) mass is 303 g/mol. The molecule has 21 heavy (non-hydrogen) atoms. The molecule has 2 atom stereocenters. The van der Waals surface area contributed by atoms with Crippen molar-refractivity contribution < 1.29 is 27.8 Å². The third-order valence-electron chi connectivity index (χ3n) is 3.26. The number of halogens is 3. The average molecular weight is 303 g/mol. The van der Waals surface area contributed by atoms with Crippen molar-refractivity contribution in [3.05, 3.63) is 35.4 Å². The molecular formula is C14H16F3NO3. The zero-order chi connectivity index (χ0) is 15.5. The zero-order valence-electron chi connectivity index (χ0n) is 11.2. The van der Waals surface area contributed by atoms with Crippen LogP contribution in [0.1, 0.15) is 23.6 Å². The maximum absolute atomic E-state index is 11.9. The lowest BCUT2D eigenvalue weighted by Crippen LogP contribution is -2.34.